The molecule has 0 aliphatic rings. The monoisotopic (exact) mass is 349 g/mol. The summed E-state index contributed by atoms with van der Waals surface area (Å²) < 4.78 is 5.56. The second-order valence-corrected chi connectivity index (χ2v) is 5.53. The van der Waals surface area contributed by atoms with Crippen molar-refractivity contribution in [2.24, 2.45) is 5.10 Å². The summed E-state index contributed by atoms with van der Waals surface area (Å²) in [6, 6.07) is 12.9. The maximum Gasteiger partial charge on any atom is 0.289 e. The van der Waals surface area contributed by atoms with Gasteiger partial charge in [0, 0.05) is 23.5 Å². The van der Waals surface area contributed by atoms with Crippen LogP contribution < -0.4 is 10.2 Å². The van der Waals surface area contributed by atoms with Gasteiger partial charge in [0.15, 0.2) is 0 Å². The third-order valence-electron chi connectivity index (χ3n) is 3.51. The van der Waals surface area contributed by atoms with E-state index in [4.69, 9.17) is 4.74 Å². The van der Waals surface area contributed by atoms with Crippen molar-refractivity contribution in [3.8, 4) is 17.0 Å². The van der Waals surface area contributed by atoms with E-state index in [0.717, 1.165) is 23.3 Å². The van der Waals surface area contributed by atoms with Crippen molar-refractivity contribution >= 4 is 12.1 Å². The van der Waals surface area contributed by atoms with Gasteiger partial charge in [0.05, 0.1) is 18.5 Å². The number of aromatic nitrogens is 3. The summed E-state index contributed by atoms with van der Waals surface area (Å²) in [6.45, 7) is 2.75. The van der Waals surface area contributed by atoms with Crippen LogP contribution in [-0.2, 0) is 0 Å². The molecule has 0 aliphatic carbocycles. The quantitative estimate of drug-likeness (QED) is 0.506. The number of aromatic amines is 1. The average molecular weight is 349 g/mol. The number of hydrogen-bond donors (Lipinski definition) is 2. The minimum absolute atomic E-state index is 0.328. The molecule has 7 nitrogen and oxygen atoms in total. The molecule has 2 N–H and O–H groups in total. The van der Waals surface area contributed by atoms with E-state index in [1.54, 1.807) is 24.5 Å². The molecule has 0 saturated heterocycles. The zero-order chi connectivity index (χ0) is 18.2. The normalized spacial score (nSPS) is 10.8. The first-order chi connectivity index (χ1) is 12.8. The summed E-state index contributed by atoms with van der Waals surface area (Å²) in [4.78, 5) is 16.1. The smallest absolute Gasteiger partial charge is 0.289 e. The topological polar surface area (TPSA) is 92.3 Å². The molecule has 0 saturated carbocycles. The van der Waals surface area contributed by atoms with Crippen LogP contribution in [0.3, 0.4) is 0 Å². The lowest BCUT2D eigenvalue weighted by Gasteiger charge is -2.04. The van der Waals surface area contributed by atoms with Crippen molar-refractivity contribution in [3.05, 3.63) is 66.1 Å². The lowest BCUT2D eigenvalue weighted by Crippen LogP contribution is -2.18. The number of ether oxygens (including phenoxy) is 1. The van der Waals surface area contributed by atoms with Crippen molar-refractivity contribution in [3.63, 3.8) is 0 Å². The number of nitrogens with one attached hydrogen (secondary N) is 2. The third kappa shape index (κ3) is 4.54. The number of nitrogens with zero attached hydrogens (tertiary/aromatic N) is 3. The third-order valence-corrected chi connectivity index (χ3v) is 3.51. The standard InChI is InChI=1S/C19H19N5O2/c1-2-10-26-16-7-5-15(6-8-16)17-11-18(23-22-17)19(25)24-21-13-14-4-3-9-20-12-14/h3-9,11-13H,2,10H2,1H3,(H,22,23)(H,24,25)/b21-13-. The van der Waals surface area contributed by atoms with Gasteiger partial charge in [-0.2, -0.15) is 10.2 Å². The number of rotatable bonds is 7. The Morgan fingerprint density at radius 1 is 1.31 bits per heavy atom. The predicted octanol–water partition coefficient (Wildman–Crippen LogP) is 3.02. The predicted molar refractivity (Wildman–Crippen MR) is 99.1 cm³/mol. The summed E-state index contributed by atoms with van der Waals surface area (Å²) in [7, 11) is 0. The fourth-order valence-electron chi connectivity index (χ4n) is 2.21. The molecular formula is C19H19N5O2. The zero-order valence-electron chi connectivity index (χ0n) is 14.3. The van der Waals surface area contributed by atoms with Gasteiger partial charge in [-0.05, 0) is 42.8 Å². The van der Waals surface area contributed by atoms with Crippen LogP contribution in [0.2, 0.25) is 0 Å². The molecule has 2 aromatic heterocycles. The van der Waals surface area contributed by atoms with E-state index in [2.05, 4.69) is 32.6 Å². The highest BCUT2D eigenvalue weighted by atomic mass is 16.5. The fourth-order valence-corrected chi connectivity index (χ4v) is 2.21. The van der Waals surface area contributed by atoms with E-state index >= 15 is 0 Å². The molecule has 0 bridgehead atoms. The number of hydrogen-bond acceptors (Lipinski definition) is 5. The summed E-state index contributed by atoms with van der Waals surface area (Å²) in [6.07, 6.45) is 5.81. The lowest BCUT2D eigenvalue weighted by molar-refractivity contribution is 0.0950. The average Bonchev–Trinajstić information content (AvgIpc) is 3.18. The summed E-state index contributed by atoms with van der Waals surface area (Å²) >= 11 is 0. The van der Waals surface area contributed by atoms with Gasteiger partial charge in [-0.25, -0.2) is 5.43 Å². The first-order valence-corrected chi connectivity index (χ1v) is 8.28. The Morgan fingerprint density at radius 3 is 2.88 bits per heavy atom. The van der Waals surface area contributed by atoms with Crippen LogP contribution in [0.4, 0.5) is 0 Å². The number of benzene rings is 1. The number of pyridine rings is 1. The van der Waals surface area contributed by atoms with Crippen LogP contribution in [0.1, 0.15) is 29.4 Å². The van der Waals surface area contributed by atoms with Crippen molar-refractivity contribution in [2.75, 3.05) is 6.61 Å². The highest BCUT2D eigenvalue weighted by Crippen LogP contribution is 2.21. The molecule has 0 fully saturated rings. The molecule has 3 aromatic rings. The molecule has 1 aromatic carbocycles. The number of amides is 1. The Hall–Kier alpha value is -3.48. The fraction of sp³-hybridized carbons (Fsp3) is 0.158. The highest BCUT2D eigenvalue weighted by molar-refractivity contribution is 5.94. The van der Waals surface area contributed by atoms with E-state index in [9.17, 15) is 4.79 Å². The van der Waals surface area contributed by atoms with Gasteiger partial charge >= 0.3 is 0 Å². The zero-order valence-corrected chi connectivity index (χ0v) is 14.3. The first kappa shape index (κ1) is 17.3. The molecule has 3 rings (SSSR count). The highest BCUT2D eigenvalue weighted by Gasteiger charge is 2.10. The Kier molecular flexibility index (Phi) is 5.72. The number of H-pyrrole nitrogens is 1. The minimum atomic E-state index is -0.369. The molecule has 0 aliphatic heterocycles. The van der Waals surface area contributed by atoms with Gasteiger partial charge in [0.2, 0.25) is 0 Å². The van der Waals surface area contributed by atoms with Crippen molar-refractivity contribution < 1.29 is 9.53 Å². The number of carbonyl (C=O) groups is 1. The maximum absolute atomic E-state index is 12.1. The molecule has 2 heterocycles. The van der Waals surface area contributed by atoms with Gasteiger partial charge in [-0.3, -0.25) is 14.9 Å². The SMILES string of the molecule is CCCOc1ccc(-c2cc(C(=O)N/N=C\c3cccnc3)[nH]n2)cc1. The van der Waals surface area contributed by atoms with Gasteiger partial charge < -0.3 is 4.74 Å². The molecule has 0 radical (unpaired) electrons. The molecule has 0 unspecified atom stereocenters. The Balaban J connectivity index is 1.61. The van der Waals surface area contributed by atoms with E-state index in [1.165, 1.54) is 6.21 Å². The van der Waals surface area contributed by atoms with Crippen molar-refractivity contribution in [1.29, 1.82) is 0 Å². The molecule has 1 amide bonds. The minimum Gasteiger partial charge on any atom is -0.494 e. The van der Waals surface area contributed by atoms with E-state index in [1.807, 2.05) is 30.3 Å². The molecule has 132 valence electrons. The number of hydrazone groups is 1. The lowest BCUT2D eigenvalue weighted by atomic mass is 10.1. The molecule has 0 spiro atoms. The van der Waals surface area contributed by atoms with Crippen LogP contribution in [0.15, 0.2) is 60.0 Å². The van der Waals surface area contributed by atoms with E-state index in [0.29, 0.717) is 18.0 Å². The molecule has 7 heteroatoms. The molecule has 0 atom stereocenters. The van der Waals surface area contributed by atoms with Gasteiger partial charge in [-0.15, -0.1) is 0 Å². The number of carbonyl (C=O) groups excluding carboxylic acids is 1. The van der Waals surface area contributed by atoms with Crippen LogP contribution in [0.5, 0.6) is 5.75 Å². The second kappa shape index (κ2) is 8.57. The van der Waals surface area contributed by atoms with Gasteiger partial charge in [0.25, 0.3) is 5.91 Å². The van der Waals surface area contributed by atoms with Crippen LogP contribution >= 0.6 is 0 Å². The second-order valence-electron chi connectivity index (χ2n) is 5.53. The molecule has 26 heavy (non-hydrogen) atoms. The van der Waals surface area contributed by atoms with Crippen LogP contribution in [-0.4, -0.2) is 33.9 Å². The van der Waals surface area contributed by atoms with Gasteiger partial charge in [0.1, 0.15) is 11.4 Å². The summed E-state index contributed by atoms with van der Waals surface area (Å²) in [5, 5.41) is 10.8. The summed E-state index contributed by atoms with van der Waals surface area (Å²) in [5.41, 5.74) is 5.15. The Morgan fingerprint density at radius 2 is 2.15 bits per heavy atom. The van der Waals surface area contributed by atoms with Gasteiger partial charge in [-0.1, -0.05) is 13.0 Å². The Bertz CT molecular complexity index is 872. The van der Waals surface area contributed by atoms with E-state index in [-0.39, 0.29) is 5.91 Å². The van der Waals surface area contributed by atoms with E-state index < -0.39 is 0 Å². The first-order valence-electron chi connectivity index (χ1n) is 8.28. The van der Waals surface area contributed by atoms with Crippen LogP contribution in [0, 0.1) is 0 Å². The van der Waals surface area contributed by atoms with Crippen LogP contribution in [0.25, 0.3) is 11.3 Å². The maximum atomic E-state index is 12.1. The van der Waals surface area contributed by atoms with Crippen molar-refractivity contribution in [2.45, 2.75) is 13.3 Å². The Labute approximate surface area is 151 Å². The summed E-state index contributed by atoms with van der Waals surface area (Å²) in [5.74, 6) is 0.445. The molecular weight excluding hydrogens is 330 g/mol. The largest absolute Gasteiger partial charge is 0.494 e. The van der Waals surface area contributed by atoms with Crippen molar-refractivity contribution in [1.82, 2.24) is 20.6 Å².